The van der Waals surface area contributed by atoms with Crippen LogP contribution in [0.25, 0.3) is 0 Å². The second kappa shape index (κ2) is 5.40. The molecule has 0 aliphatic rings. The molecular formula is C4H2F5IZn. The Hall–Kier alpha value is 0.743. The minimum atomic E-state index is -5.57. The summed E-state index contributed by atoms with van der Waals surface area (Å²) in [6.45, 7) is 4.00. The third-order valence-electron chi connectivity index (χ3n) is 0.587. The van der Waals surface area contributed by atoms with Crippen molar-refractivity contribution >= 4 is 0 Å². The van der Waals surface area contributed by atoms with Crippen LogP contribution in [0, 0.1) is 6.58 Å². The molecule has 0 N–H and O–H groups in total. The summed E-state index contributed by atoms with van der Waals surface area (Å²) in [5.74, 6) is -4.87. The molecular weight excluding hydrogens is 335 g/mol. The molecule has 11 heavy (non-hydrogen) atoms. The van der Waals surface area contributed by atoms with Crippen LogP contribution in [0.15, 0.2) is 6.08 Å². The van der Waals surface area contributed by atoms with Gasteiger partial charge in [-0.15, -0.1) is 0 Å². The zero-order chi connectivity index (χ0) is 7.71. The van der Waals surface area contributed by atoms with Gasteiger partial charge in [0.05, 0.1) is 0 Å². The van der Waals surface area contributed by atoms with Crippen molar-refractivity contribution in [3.05, 3.63) is 12.7 Å². The fourth-order valence-corrected chi connectivity index (χ4v) is 0.0945. The molecule has 0 bridgehead atoms. The first-order valence-corrected chi connectivity index (χ1v) is 1.82. The van der Waals surface area contributed by atoms with Crippen LogP contribution in [0.2, 0.25) is 0 Å². The average molecular weight is 337 g/mol. The van der Waals surface area contributed by atoms with Gasteiger partial charge in [-0.05, 0) is 0 Å². The van der Waals surface area contributed by atoms with E-state index in [0.29, 0.717) is 0 Å². The zero-order valence-corrected chi connectivity index (χ0v) is 10.3. The molecule has 0 spiro atoms. The van der Waals surface area contributed by atoms with E-state index in [4.69, 9.17) is 0 Å². The number of hydrogen-bond donors (Lipinski definition) is 0. The smallest absolute Gasteiger partial charge is 1.00 e. The van der Waals surface area contributed by atoms with E-state index in [1.54, 1.807) is 0 Å². The number of allylic oxidation sites excluding steroid dienone is 1. The molecule has 0 aromatic rings. The molecule has 0 heterocycles. The van der Waals surface area contributed by atoms with E-state index in [9.17, 15) is 22.0 Å². The summed E-state index contributed by atoms with van der Waals surface area (Å²) in [4.78, 5) is 0. The largest absolute Gasteiger partial charge is 2.00 e. The molecule has 62 valence electrons. The van der Waals surface area contributed by atoms with Crippen LogP contribution in [0.5, 0.6) is 0 Å². The summed E-state index contributed by atoms with van der Waals surface area (Å²) in [7, 11) is 0. The van der Waals surface area contributed by atoms with E-state index < -0.39 is 18.2 Å². The van der Waals surface area contributed by atoms with Crippen molar-refractivity contribution < 1.29 is 65.4 Å². The molecule has 0 aliphatic heterocycles. The van der Waals surface area contributed by atoms with E-state index >= 15 is 0 Å². The molecule has 0 rings (SSSR count). The van der Waals surface area contributed by atoms with Crippen LogP contribution in [0.1, 0.15) is 0 Å². The van der Waals surface area contributed by atoms with Crippen LogP contribution in [0.4, 0.5) is 22.0 Å². The van der Waals surface area contributed by atoms with Gasteiger partial charge in [0.15, 0.2) is 0 Å². The summed E-state index contributed by atoms with van der Waals surface area (Å²) in [5.41, 5.74) is 0. The molecule has 0 aromatic carbocycles. The van der Waals surface area contributed by atoms with Crippen molar-refractivity contribution in [1.82, 2.24) is 0 Å². The van der Waals surface area contributed by atoms with E-state index in [1.807, 2.05) is 0 Å². The predicted octanol–water partition coefficient (Wildman–Crippen LogP) is -0.825. The van der Waals surface area contributed by atoms with Crippen LogP contribution < -0.4 is 24.0 Å². The molecule has 0 aliphatic carbocycles. The van der Waals surface area contributed by atoms with E-state index in [2.05, 4.69) is 6.58 Å². The first-order valence-electron chi connectivity index (χ1n) is 1.82. The molecule has 0 saturated heterocycles. The normalized spacial score (nSPS) is 11.0. The minimum Gasteiger partial charge on any atom is -1.00 e. The van der Waals surface area contributed by atoms with E-state index in [-0.39, 0.29) is 43.5 Å². The van der Waals surface area contributed by atoms with Crippen LogP contribution in [0.3, 0.4) is 0 Å². The monoisotopic (exact) mass is 336 g/mol. The van der Waals surface area contributed by atoms with Crippen molar-refractivity contribution in [1.29, 1.82) is 0 Å². The Bertz CT molecular complexity index is 120. The van der Waals surface area contributed by atoms with Gasteiger partial charge in [0, 0.05) is 0 Å². The number of halogens is 6. The Morgan fingerprint density at radius 3 is 1.27 bits per heavy atom. The van der Waals surface area contributed by atoms with E-state index in [0.717, 1.165) is 0 Å². The number of rotatable bonds is 1. The fourth-order valence-electron chi connectivity index (χ4n) is 0.0945. The molecule has 0 radical (unpaired) electrons. The predicted molar refractivity (Wildman–Crippen MR) is 19.9 cm³/mol. The van der Waals surface area contributed by atoms with Crippen LogP contribution in [-0.4, -0.2) is 12.1 Å². The first-order chi connectivity index (χ1) is 3.81. The Balaban J connectivity index is -0.000000320. The Kier molecular flexibility index (Phi) is 8.70. The summed E-state index contributed by atoms with van der Waals surface area (Å²) >= 11 is 0. The quantitative estimate of drug-likeness (QED) is 0.254. The van der Waals surface area contributed by atoms with Gasteiger partial charge in [0.25, 0.3) is 0 Å². The molecule has 0 nitrogen and oxygen atoms in total. The van der Waals surface area contributed by atoms with Gasteiger partial charge in [-0.3, -0.25) is 0 Å². The van der Waals surface area contributed by atoms with Crippen LogP contribution >= 0.6 is 0 Å². The summed E-state index contributed by atoms with van der Waals surface area (Å²) in [6, 6.07) is 0. The van der Waals surface area contributed by atoms with Gasteiger partial charge in [0.1, 0.15) is 0 Å². The molecule has 7 heteroatoms. The summed E-state index contributed by atoms with van der Waals surface area (Å²) in [5, 5.41) is 0. The van der Waals surface area contributed by atoms with Gasteiger partial charge >= 0.3 is 31.6 Å². The molecule has 0 saturated carbocycles. The van der Waals surface area contributed by atoms with Crippen molar-refractivity contribution in [2.24, 2.45) is 0 Å². The van der Waals surface area contributed by atoms with Gasteiger partial charge in [-0.25, -0.2) is 0 Å². The molecule has 0 atom stereocenters. The van der Waals surface area contributed by atoms with Crippen molar-refractivity contribution in [3.8, 4) is 0 Å². The fraction of sp³-hybridized carbons (Fsp3) is 0.500. The third kappa shape index (κ3) is 5.06. The van der Waals surface area contributed by atoms with Gasteiger partial charge in [0.2, 0.25) is 0 Å². The third-order valence-corrected chi connectivity index (χ3v) is 0.587. The molecule has 0 fully saturated rings. The SMILES string of the molecule is [CH-]=CC(F)(F)C(F)(F)F.[I-].[Zn+2]. The van der Waals surface area contributed by atoms with Crippen LogP contribution in [-0.2, 0) is 19.5 Å². The molecule has 0 amide bonds. The molecule has 0 unspecified atom stereocenters. The second-order valence-electron chi connectivity index (χ2n) is 1.29. The maximum atomic E-state index is 11.4. The number of alkyl halides is 5. The standard InChI is InChI=1S/C4H2F5.HI.Zn/c1-2-3(5,6)4(7,8)9;;/h1-2H;1H;/q-1;;+2/p-1. The average Bonchev–Trinajstić information content (AvgIpc) is 1.64. The Morgan fingerprint density at radius 2 is 1.27 bits per heavy atom. The van der Waals surface area contributed by atoms with Gasteiger partial charge in [-0.1, -0.05) is 0 Å². The zero-order valence-electron chi connectivity index (χ0n) is 5.13. The summed E-state index contributed by atoms with van der Waals surface area (Å²) in [6.07, 6.45) is -6.26. The van der Waals surface area contributed by atoms with Gasteiger partial charge < -0.3 is 30.6 Å². The maximum Gasteiger partial charge on any atom is 2.00 e. The Morgan fingerprint density at radius 1 is 1.00 bits per heavy atom. The van der Waals surface area contributed by atoms with Crippen molar-refractivity contribution in [2.45, 2.75) is 12.1 Å². The first kappa shape index (κ1) is 17.7. The number of hydrogen-bond acceptors (Lipinski definition) is 0. The maximum absolute atomic E-state index is 11.4. The topological polar surface area (TPSA) is 0 Å². The summed E-state index contributed by atoms with van der Waals surface area (Å²) < 4.78 is 55.6. The van der Waals surface area contributed by atoms with E-state index in [1.165, 1.54) is 0 Å². The molecule has 0 aromatic heterocycles. The second-order valence-corrected chi connectivity index (χ2v) is 1.29. The van der Waals surface area contributed by atoms with Gasteiger partial charge in [-0.2, -0.15) is 28.0 Å². The Labute approximate surface area is 90.0 Å². The van der Waals surface area contributed by atoms with Crippen molar-refractivity contribution in [3.63, 3.8) is 0 Å². The van der Waals surface area contributed by atoms with Crippen molar-refractivity contribution in [2.75, 3.05) is 0 Å². The minimum absolute atomic E-state index is 0.